The van der Waals surface area contributed by atoms with Gasteiger partial charge in [-0.25, -0.2) is 14.2 Å². The monoisotopic (exact) mass is 498 g/mol. The van der Waals surface area contributed by atoms with E-state index in [1.165, 1.54) is 4.57 Å². The maximum atomic E-state index is 13.4. The number of nitrogens with one attached hydrogen (secondary N) is 1. The van der Waals surface area contributed by atoms with Crippen LogP contribution in [0.5, 0.6) is 5.75 Å². The summed E-state index contributed by atoms with van der Waals surface area (Å²) in [6.07, 6.45) is 2.83. The molecule has 1 heterocycles. The molecule has 1 aliphatic rings. The van der Waals surface area contributed by atoms with Crippen molar-refractivity contribution in [1.29, 1.82) is 0 Å². The number of nitrogens with zero attached hydrogens (tertiary/aromatic N) is 3. The Kier molecular flexibility index (Phi) is 7.25. The van der Waals surface area contributed by atoms with Crippen molar-refractivity contribution >= 4 is 29.2 Å². The number of carboxylic acids is 1. The SMILES string of the molecule is CCCCOc1ccc(Nc2nc(=O)n(CC3(C(=O)O)CC3)c(=O)n2Cc2ccc(Cl)cc2)cc1. The van der Waals surface area contributed by atoms with E-state index >= 15 is 0 Å². The standard InChI is InChI=1S/C25H27ClN4O5/c1-2-3-14-35-20-10-8-19(9-11-20)27-22-28-23(33)30(16-25(12-13-25)21(31)32)24(34)29(22)15-17-4-6-18(26)7-5-17/h4-11H,2-3,12-16H2,1H3,(H,31,32)(H,27,28,33). The van der Waals surface area contributed by atoms with E-state index in [9.17, 15) is 19.5 Å². The highest BCUT2D eigenvalue weighted by atomic mass is 35.5. The Bertz CT molecular complexity index is 1310. The minimum Gasteiger partial charge on any atom is -0.494 e. The molecule has 0 atom stereocenters. The molecule has 0 bridgehead atoms. The van der Waals surface area contributed by atoms with Crippen LogP contribution >= 0.6 is 11.6 Å². The molecule has 0 amide bonds. The van der Waals surface area contributed by atoms with Gasteiger partial charge in [0.2, 0.25) is 5.95 Å². The lowest BCUT2D eigenvalue weighted by Gasteiger charge is -2.17. The Hall–Kier alpha value is -3.59. The molecular weight excluding hydrogens is 472 g/mol. The minimum atomic E-state index is -1.09. The second-order valence-corrected chi connectivity index (χ2v) is 9.17. The second kappa shape index (κ2) is 10.4. The third-order valence-corrected chi connectivity index (χ3v) is 6.30. The zero-order valence-corrected chi connectivity index (χ0v) is 20.1. The molecule has 1 fully saturated rings. The molecule has 1 aromatic heterocycles. The average molecular weight is 499 g/mol. The van der Waals surface area contributed by atoms with Gasteiger partial charge in [0.05, 0.1) is 18.6 Å². The second-order valence-electron chi connectivity index (χ2n) is 8.74. The zero-order valence-electron chi connectivity index (χ0n) is 19.4. The number of halogens is 1. The predicted octanol–water partition coefficient (Wildman–Crippen LogP) is 3.89. The maximum absolute atomic E-state index is 13.4. The first-order valence-corrected chi connectivity index (χ1v) is 11.9. The van der Waals surface area contributed by atoms with Crippen LogP contribution in [0.4, 0.5) is 11.6 Å². The van der Waals surface area contributed by atoms with Crippen molar-refractivity contribution in [2.45, 2.75) is 45.7 Å². The van der Waals surface area contributed by atoms with Crippen LogP contribution in [0.2, 0.25) is 5.02 Å². The van der Waals surface area contributed by atoms with Crippen molar-refractivity contribution in [2.24, 2.45) is 5.41 Å². The molecule has 0 saturated heterocycles. The third-order valence-electron chi connectivity index (χ3n) is 6.05. The quantitative estimate of drug-likeness (QED) is 0.385. The Balaban J connectivity index is 1.67. The molecule has 184 valence electrons. The van der Waals surface area contributed by atoms with Gasteiger partial charge in [-0.05, 0) is 61.2 Å². The van der Waals surface area contributed by atoms with E-state index in [1.54, 1.807) is 48.5 Å². The normalized spacial score (nSPS) is 13.9. The molecule has 35 heavy (non-hydrogen) atoms. The van der Waals surface area contributed by atoms with E-state index in [4.69, 9.17) is 16.3 Å². The number of hydrogen-bond donors (Lipinski definition) is 2. The molecule has 0 unspecified atom stereocenters. The Morgan fingerprint density at radius 2 is 1.80 bits per heavy atom. The fourth-order valence-electron chi connectivity index (χ4n) is 3.67. The highest BCUT2D eigenvalue weighted by Gasteiger charge is 2.51. The van der Waals surface area contributed by atoms with Crippen molar-refractivity contribution in [2.75, 3.05) is 11.9 Å². The van der Waals surface area contributed by atoms with Gasteiger partial charge >= 0.3 is 17.3 Å². The fraction of sp³-hybridized carbons (Fsp3) is 0.360. The van der Waals surface area contributed by atoms with Crippen molar-refractivity contribution in [1.82, 2.24) is 14.1 Å². The van der Waals surface area contributed by atoms with Crippen molar-refractivity contribution in [3.63, 3.8) is 0 Å². The van der Waals surface area contributed by atoms with Gasteiger partial charge in [0.1, 0.15) is 5.75 Å². The molecule has 1 saturated carbocycles. The molecular formula is C25H27ClN4O5. The molecule has 0 spiro atoms. The zero-order chi connectivity index (χ0) is 25.0. The average Bonchev–Trinajstić information content (AvgIpc) is 3.63. The van der Waals surface area contributed by atoms with Gasteiger partial charge in [0.15, 0.2) is 0 Å². The van der Waals surface area contributed by atoms with Gasteiger partial charge < -0.3 is 15.2 Å². The van der Waals surface area contributed by atoms with Crippen molar-refractivity contribution in [3.05, 3.63) is 80.1 Å². The van der Waals surface area contributed by atoms with E-state index < -0.39 is 22.8 Å². The molecule has 3 aromatic rings. The largest absolute Gasteiger partial charge is 0.494 e. The van der Waals surface area contributed by atoms with Crippen LogP contribution in [0.25, 0.3) is 0 Å². The predicted molar refractivity (Wildman–Crippen MR) is 133 cm³/mol. The van der Waals surface area contributed by atoms with Crippen LogP contribution in [0.1, 0.15) is 38.2 Å². The molecule has 1 aliphatic carbocycles. The summed E-state index contributed by atoms with van der Waals surface area (Å²) in [5.41, 5.74) is -1.13. The summed E-state index contributed by atoms with van der Waals surface area (Å²) in [5, 5.41) is 13.1. The first kappa shape index (κ1) is 24.5. The van der Waals surface area contributed by atoms with E-state index in [0.29, 0.717) is 35.9 Å². The van der Waals surface area contributed by atoms with Crippen LogP contribution in [0, 0.1) is 5.41 Å². The number of carboxylic acid groups (broad SMARTS) is 1. The van der Waals surface area contributed by atoms with Crippen LogP contribution in [-0.2, 0) is 17.9 Å². The first-order chi connectivity index (χ1) is 16.8. The molecule has 9 nitrogen and oxygen atoms in total. The van der Waals surface area contributed by atoms with Crippen LogP contribution < -0.4 is 21.4 Å². The van der Waals surface area contributed by atoms with E-state index in [0.717, 1.165) is 23.0 Å². The molecule has 2 N–H and O–H groups in total. The van der Waals surface area contributed by atoms with Crippen molar-refractivity contribution in [3.8, 4) is 5.75 Å². The van der Waals surface area contributed by atoms with Crippen molar-refractivity contribution < 1.29 is 14.6 Å². The highest BCUT2D eigenvalue weighted by molar-refractivity contribution is 6.30. The van der Waals surface area contributed by atoms with Gasteiger partial charge in [-0.1, -0.05) is 37.1 Å². The van der Waals surface area contributed by atoms with Crippen LogP contribution in [0.3, 0.4) is 0 Å². The summed E-state index contributed by atoms with van der Waals surface area (Å²) < 4.78 is 7.92. The molecule has 0 radical (unpaired) electrons. The van der Waals surface area contributed by atoms with Gasteiger partial charge in [-0.15, -0.1) is 0 Å². The highest BCUT2D eigenvalue weighted by Crippen LogP contribution is 2.46. The fourth-order valence-corrected chi connectivity index (χ4v) is 3.79. The number of carbonyl (C=O) groups is 1. The first-order valence-electron chi connectivity index (χ1n) is 11.5. The Morgan fingerprint density at radius 1 is 1.11 bits per heavy atom. The number of hydrogen-bond acceptors (Lipinski definition) is 6. The smallest absolute Gasteiger partial charge is 0.354 e. The minimum absolute atomic E-state index is 0.0611. The number of benzene rings is 2. The number of aliphatic carboxylic acids is 1. The van der Waals surface area contributed by atoms with Crippen LogP contribution in [0.15, 0.2) is 58.1 Å². The van der Waals surface area contributed by atoms with Gasteiger partial charge in [-0.3, -0.25) is 9.36 Å². The Labute approximate surface area is 207 Å². The van der Waals surface area contributed by atoms with E-state index in [2.05, 4.69) is 17.2 Å². The summed E-state index contributed by atoms with van der Waals surface area (Å²) in [5.74, 6) is -0.239. The molecule has 4 rings (SSSR count). The third kappa shape index (κ3) is 5.74. The lowest BCUT2D eigenvalue weighted by atomic mass is 10.1. The van der Waals surface area contributed by atoms with Gasteiger partial charge in [0.25, 0.3) is 0 Å². The summed E-state index contributed by atoms with van der Waals surface area (Å²) in [4.78, 5) is 42.0. The lowest BCUT2D eigenvalue weighted by molar-refractivity contribution is -0.143. The summed E-state index contributed by atoms with van der Waals surface area (Å²) in [6.45, 7) is 2.62. The Morgan fingerprint density at radius 3 is 2.40 bits per heavy atom. The van der Waals surface area contributed by atoms with E-state index in [1.807, 2.05) is 0 Å². The molecule has 0 aliphatic heterocycles. The summed E-state index contributed by atoms with van der Waals surface area (Å²) >= 11 is 5.99. The number of unbranched alkanes of at least 4 members (excludes halogenated alkanes) is 1. The van der Waals surface area contributed by atoms with E-state index in [-0.39, 0.29) is 19.0 Å². The van der Waals surface area contributed by atoms with Crippen LogP contribution in [-0.4, -0.2) is 31.8 Å². The molecule has 2 aromatic carbocycles. The number of aromatic nitrogens is 3. The maximum Gasteiger partial charge on any atom is 0.354 e. The lowest BCUT2D eigenvalue weighted by Crippen LogP contribution is -2.45. The number of ether oxygens (including phenoxy) is 1. The number of anilines is 2. The topological polar surface area (TPSA) is 115 Å². The number of rotatable bonds is 11. The van der Waals surface area contributed by atoms with Gasteiger partial charge in [0, 0.05) is 17.3 Å². The summed E-state index contributed by atoms with van der Waals surface area (Å²) in [6, 6.07) is 14.1. The summed E-state index contributed by atoms with van der Waals surface area (Å²) in [7, 11) is 0. The molecule has 10 heteroatoms. The van der Waals surface area contributed by atoms with Gasteiger partial charge in [-0.2, -0.15) is 4.98 Å².